The number of rotatable bonds is 3. The normalized spacial score (nSPS) is 19.5. The summed E-state index contributed by atoms with van der Waals surface area (Å²) in [6.07, 6.45) is 2.80. The van der Waals surface area contributed by atoms with Crippen LogP contribution >= 0.6 is 35.6 Å². The topological polar surface area (TPSA) is 49.8 Å². The lowest BCUT2D eigenvalue weighted by Gasteiger charge is -2.11. The average Bonchev–Trinajstić information content (AvgIpc) is 2.69. The molecule has 0 saturated carbocycles. The zero-order valence-electron chi connectivity index (χ0n) is 8.54. The van der Waals surface area contributed by atoms with Crippen LogP contribution in [0.4, 0.5) is 0 Å². The fourth-order valence-electron chi connectivity index (χ4n) is 1.57. The summed E-state index contributed by atoms with van der Waals surface area (Å²) >= 11 is 11.5. The zero-order valence-corrected chi connectivity index (χ0v) is 10.9. The average molecular weight is 284 g/mol. The first-order valence-corrected chi connectivity index (χ1v) is 5.62. The Bertz CT molecular complexity index is 342. The summed E-state index contributed by atoms with van der Waals surface area (Å²) in [7, 11) is 0. The van der Waals surface area contributed by atoms with E-state index in [4.69, 9.17) is 23.2 Å². The highest BCUT2D eigenvalue weighted by atomic mass is 35.5. The van der Waals surface area contributed by atoms with Crippen molar-refractivity contribution in [1.82, 2.24) is 20.6 Å². The predicted octanol–water partition coefficient (Wildman–Crippen LogP) is 1.66. The molecule has 0 aromatic carbocycles. The van der Waals surface area contributed by atoms with E-state index in [1.807, 2.05) is 0 Å². The lowest BCUT2D eigenvalue weighted by Crippen LogP contribution is -2.30. The highest BCUT2D eigenvalue weighted by molar-refractivity contribution is 6.32. The van der Waals surface area contributed by atoms with Gasteiger partial charge in [0.2, 0.25) is 5.28 Å². The molecule has 0 bridgehead atoms. The van der Waals surface area contributed by atoms with Crippen LogP contribution in [-0.4, -0.2) is 29.1 Å². The Balaban J connectivity index is 0.00000128. The smallest absolute Gasteiger partial charge is 0.223 e. The molecule has 2 rings (SSSR count). The summed E-state index contributed by atoms with van der Waals surface area (Å²) in [6.45, 7) is 2.76. The van der Waals surface area contributed by atoms with Crippen LogP contribution in [-0.2, 0) is 6.54 Å². The third-order valence-electron chi connectivity index (χ3n) is 2.42. The molecule has 90 valence electrons. The van der Waals surface area contributed by atoms with Gasteiger partial charge in [0.25, 0.3) is 0 Å². The summed E-state index contributed by atoms with van der Waals surface area (Å²) < 4.78 is 0. The highest BCUT2D eigenvalue weighted by Crippen LogP contribution is 2.14. The summed E-state index contributed by atoms with van der Waals surface area (Å²) in [6, 6.07) is 0.511. The number of nitrogens with zero attached hydrogens (tertiary/aromatic N) is 2. The molecule has 7 heteroatoms. The molecule has 0 radical (unpaired) electrons. The lowest BCUT2D eigenvalue weighted by molar-refractivity contribution is 0.546. The Hall–Kier alpha value is -0.130. The third-order valence-corrected chi connectivity index (χ3v) is 2.93. The maximum atomic E-state index is 5.92. The van der Waals surface area contributed by atoms with E-state index < -0.39 is 0 Å². The number of aromatic nitrogens is 2. The van der Waals surface area contributed by atoms with Gasteiger partial charge in [-0.15, -0.1) is 12.4 Å². The van der Waals surface area contributed by atoms with E-state index in [0.29, 0.717) is 17.7 Å². The second-order valence-corrected chi connectivity index (χ2v) is 4.22. The van der Waals surface area contributed by atoms with Crippen molar-refractivity contribution in [3.05, 3.63) is 22.2 Å². The third kappa shape index (κ3) is 3.71. The van der Waals surface area contributed by atoms with Crippen molar-refractivity contribution < 1.29 is 0 Å². The van der Waals surface area contributed by atoms with Crippen LogP contribution < -0.4 is 10.6 Å². The Morgan fingerprint density at radius 3 is 2.94 bits per heavy atom. The number of halogens is 3. The van der Waals surface area contributed by atoms with Gasteiger partial charge >= 0.3 is 0 Å². The van der Waals surface area contributed by atoms with Gasteiger partial charge in [0.15, 0.2) is 0 Å². The molecule has 1 aromatic rings. The highest BCUT2D eigenvalue weighted by Gasteiger charge is 2.14. The van der Waals surface area contributed by atoms with Gasteiger partial charge in [0.05, 0.1) is 0 Å². The van der Waals surface area contributed by atoms with E-state index in [-0.39, 0.29) is 17.7 Å². The molecule has 2 N–H and O–H groups in total. The van der Waals surface area contributed by atoms with Gasteiger partial charge in [-0.05, 0) is 24.6 Å². The van der Waals surface area contributed by atoms with E-state index in [9.17, 15) is 0 Å². The van der Waals surface area contributed by atoms with Crippen molar-refractivity contribution in [3.63, 3.8) is 0 Å². The van der Waals surface area contributed by atoms with Crippen molar-refractivity contribution in [2.24, 2.45) is 0 Å². The molecular formula is C9H13Cl3N4. The number of hydrogen-bond donors (Lipinski definition) is 2. The minimum atomic E-state index is 0. The fraction of sp³-hybridized carbons (Fsp3) is 0.556. The summed E-state index contributed by atoms with van der Waals surface area (Å²) in [5.74, 6) is 0. The van der Waals surface area contributed by atoms with E-state index in [2.05, 4.69) is 20.6 Å². The Morgan fingerprint density at radius 2 is 2.31 bits per heavy atom. The van der Waals surface area contributed by atoms with Crippen molar-refractivity contribution in [3.8, 4) is 0 Å². The first-order chi connectivity index (χ1) is 7.25. The van der Waals surface area contributed by atoms with Crippen molar-refractivity contribution in [2.45, 2.75) is 19.0 Å². The number of nitrogens with one attached hydrogen (secondary N) is 2. The van der Waals surface area contributed by atoms with Crippen molar-refractivity contribution in [2.75, 3.05) is 13.1 Å². The van der Waals surface area contributed by atoms with Crippen LogP contribution in [0.3, 0.4) is 0 Å². The molecule has 1 saturated heterocycles. The van der Waals surface area contributed by atoms with Gasteiger partial charge in [0.1, 0.15) is 5.15 Å². The maximum absolute atomic E-state index is 5.92. The molecule has 0 aliphatic carbocycles. The molecule has 1 aromatic heterocycles. The standard InChI is InChI=1S/C9H12Cl2N4.ClH/c10-8-6(4-14-9(11)15-8)3-13-7-1-2-12-5-7;/h4,7,12-13H,1-3,5H2;1H/t7-;/m0./s1. The molecule has 1 aliphatic heterocycles. The van der Waals surface area contributed by atoms with Gasteiger partial charge in [0, 0.05) is 30.9 Å². The molecule has 4 nitrogen and oxygen atoms in total. The van der Waals surface area contributed by atoms with Crippen molar-refractivity contribution >= 4 is 35.6 Å². The summed E-state index contributed by atoms with van der Waals surface area (Å²) in [5.41, 5.74) is 0.882. The Morgan fingerprint density at radius 1 is 1.50 bits per heavy atom. The van der Waals surface area contributed by atoms with E-state index >= 15 is 0 Å². The zero-order chi connectivity index (χ0) is 10.7. The van der Waals surface area contributed by atoms with Gasteiger partial charge in [-0.3, -0.25) is 0 Å². The summed E-state index contributed by atoms with van der Waals surface area (Å²) in [5, 5.41) is 7.28. The molecule has 16 heavy (non-hydrogen) atoms. The van der Waals surface area contributed by atoms with Gasteiger partial charge < -0.3 is 10.6 Å². The molecule has 2 heterocycles. The van der Waals surface area contributed by atoms with Crippen LogP contribution in [0.1, 0.15) is 12.0 Å². The minimum absolute atomic E-state index is 0. The maximum Gasteiger partial charge on any atom is 0.223 e. The fourth-order valence-corrected chi connectivity index (χ4v) is 1.94. The molecule has 1 fully saturated rings. The van der Waals surface area contributed by atoms with E-state index in [1.54, 1.807) is 6.20 Å². The SMILES string of the molecule is Cl.Clc1ncc(CN[C@H]2CCNC2)c(Cl)n1. The van der Waals surface area contributed by atoms with E-state index in [0.717, 1.165) is 25.1 Å². The summed E-state index contributed by atoms with van der Waals surface area (Å²) in [4.78, 5) is 7.78. The van der Waals surface area contributed by atoms with Crippen LogP contribution in [0.25, 0.3) is 0 Å². The molecule has 0 unspecified atom stereocenters. The lowest BCUT2D eigenvalue weighted by atomic mass is 10.2. The molecule has 0 spiro atoms. The molecular weight excluding hydrogens is 270 g/mol. The van der Waals surface area contributed by atoms with Crippen LogP contribution in [0.2, 0.25) is 10.4 Å². The predicted molar refractivity (Wildman–Crippen MR) is 67.4 cm³/mol. The van der Waals surface area contributed by atoms with Crippen LogP contribution in [0.5, 0.6) is 0 Å². The van der Waals surface area contributed by atoms with Crippen LogP contribution in [0.15, 0.2) is 6.20 Å². The van der Waals surface area contributed by atoms with Gasteiger partial charge in [-0.2, -0.15) is 0 Å². The largest absolute Gasteiger partial charge is 0.315 e. The monoisotopic (exact) mass is 282 g/mol. The minimum Gasteiger partial charge on any atom is -0.315 e. The molecule has 0 amide bonds. The molecule has 1 atom stereocenters. The van der Waals surface area contributed by atoms with Crippen molar-refractivity contribution in [1.29, 1.82) is 0 Å². The Kier molecular flexibility index (Phi) is 5.72. The Labute approximate surface area is 111 Å². The second kappa shape index (κ2) is 6.57. The van der Waals surface area contributed by atoms with E-state index in [1.165, 1.54) is 0 Å². The van der Waals surface area contributed by atoms with Gasteiger partial charge in [-0.1, -0.05) is 11.6 Å². The number of hydrogen-bond acceptors (Lipinski definition) is 4. The quantitative estimate of drug-likeness (QED) is 0.654. The van der Waals surface area contributed by atoms with Gasteiger partial charge in [-0.25, -0.2) is 9.97 Å². The molecule has 1 aliphatic rings. The first-order valence-electron chi connectivity index (χ1n) is 4.87. The second-order valence-electron chi connectivity index (χ2n) is 3.53. The first kappa shape index (κ1) is 13.9. The van der Waals surface area contributed by atoms with Crippen LogP contribution in [0, 0.1) is 0 Å².